The summed E-state index contributed by atoms with van der Waals surface area (Å²) in [6, 6.07) is 14.4. The minimum absolute atomic E-state index is 0.802. The van der Waals surface area contributed by atoms with Crippen molar-refractivity contribution in [3.63, 3.8) is 0 Å². The van der Waals surface area contributed by atoms with Crippen molar-refractivity contribution in [2.45, 2.75) is 208 Å². The van der Waals surface area contributed by atoms with Gasteiger partial charge in [-0.2, -0.15) is 0 Å². The first-order chi connectivity index (χ1) is 33.0. The van der Waals surface area contributed by atoms with Gasteiger partial charge >= 0.3 is 0 Å². The molecule has 66 heavy (non-hydrogen) atoms. The molecule has 0 aliphatic carbocycles. The van der Waals surface area contributed by atoms with Crippen molar-refractivity contribution in [3.8, 4) is 0 Å². The molecule has 0 aromatic heterocycles. The SMILES string of the molecule is C1CC[Si]OC1.C1CC[Si]OC1.C1CC[Si]OC1.C1CC[Si]OC1.C1CC[Si]OC1.C1CC[Si]OC1.C1CC[Si]OC1.C1CC[Si]OC1.C1CC[Si]OC1.C1CC[Si]OC1.C1CC[Si]OC1. The van der Waals surface area contributed by atoms with Crippen molar-refractivity contribution in [1.82, 2.24) is 0 Å². The standard InChI is InChI=1S/11C4H8OSi/c11*1-2-4-6-5-3-1/h11*1-4H2. The molecule has 11 fully saturated rings. The van der Waals surface area contributed by atoms with Crippen LogP contribution in [0.2, 0.25) is 66.5 Å². The van der Waals surface area contributed by atoms with Gasteiger partial charge in [-0.05, 0) is 137 Å². The van der Waals surface area contributed by atoms with Gasteiger partial charge < -0.3 is 48.7 Å². The van der Waals surface area contributed by atoms with Crippen LogP contribution in [0.25, 0.3) is 0 Å². The molecule has 0 saturated carbocycles. The van der Waals surface area contributed by atoms with Crippen LogP contribution in [0.5, 0.6) is 0 Å². The Labute approximate surface area is 433 Å². The van der Waals surface area contributed by atoms with E-state index in [1.54, 1.807) is 0 Å². The van der Waals surface area contributed by atoms with Gasteiger partial charge in [0.15, 0.2) is 0 Å². The first kappa shape index (κ1) is 66.0. The molecule has 0 spiro atoms. The van der Waals surface area contributed by atoms with Gasteiger partial charge in [0, 0.05) is 72.7 Å². The van der Waals surface area contributed by atoms with E-state index in [9.17, 15) is 0 Å². The van der Waals surface area contributed by atoms with E-state index in [2.05, 4.69) is 0 Å². The molecule has 0 aromatic carbocycles. The lowest BCUT2D eigenvalue weighted by atomic mass is 10.4. The Morgan fingerprint density at radius 1 is 0.121 bits per heavy atom. The largest absolute Gasteiger partial charge is 0.417 e. The maximum Gasteiger partial charge on any atom is 0.229 e. The normalized spacial score (nSPS) is 24.0. The van der Waals surface area contributed by atoms with E-state index >= 15 is 0 Å². The van der Waals surface area contributed by atoms with Crippen molar-refractivity contribution in [2.75, 3.05) is 72.7 Å². The molecule has 0 bridgehead atoms. The Bertz CT molecular complexity index is 482. The fourth-order valence-corrected chi connectivity index (χ4v) is 14.8. The second kappa shape index (κ2) is 63.1. The molecule has 11 nitrogen and oxygen atoms in total. The van der Waals surface area contributed by atoms with Crippen LogP contribution in [-0.2, 0) is 48.7 Å². The molecule has 0 N–H and O–H groups in total. The van der Waals surface area contributed by atoms with Crippen molar-refractivity contribution in [1.29, 1.82) is 0 Å². The minimum Gasteiger partial charge on any atom is -0.417 e. The van der Waals surface area contributed by atoms with E-state index in [1.807, 2.05) is 0 Å². The van der Waals surface area contributed by atoms with Crippen molar-refractivity contribution in [2.24, 2.45) is 0 Å². The molecule has 11 rings (SSSR count). The lowest BCUT2D eigenvalue weighted by Crippen LogP contribution is -2.06. The lowest BCUT2D eigenvalue weighted by molar-refractivity contribution is 0.304. The quantitative estimate of drug-likeness (QED) is 0.217. The molecule has 11 aliphatic heterocycles. The predicted octanol–water partition coefficient (Wildman–Crippen LogP) is 9.18. The zero-order valence-electron chi connectivity index (χ0n) is 41.1. The topological polar surface area (TPSA) is 102 Å². The molecule has 0 atom stereocenters. The maximum atomic E-state index is 5.10. The third-order valence-electron chi connectivity index (χ3n) is 9.65. The summed E-state index contributed by atoms with van der Waals surface area (Å²) < 4.78 is 56.1. The predicted molar refractivity (Wildman–Crippen MR) is 283 cm³/mol. The number of hydrogen-bond donors (Lipinski definition) is 0. The molecular formula is C44H88O11Si11. The molecule has 374 valence electrons. The summed E-state index contributed by atoms with van der Waals surface area (Å²) in [7, 11) is 8.82. The molecule has 0 amide bonds. The maximum absolute atomic E-state index is 5.10. The molecular weight excluding hydrogens is 1010 g/mol. The van der Waals surface area contributed by atoms with Gasteiger partial charge in [0.25, 0.3) is 0 Å². The van der Waals surface area contributed by atoms with Gasteiger partial charge in [0.1, 0.15) is 0 Å². The Hall–Kier alpha value is 1.95. The summed E-state index contributed by atoms with van der Waals surface area (Å²) in [5, 5.41) is 0. The molecule has 0 aromatic rings. The van der Waals surface area contributed by atoms with Gasteiger partial charge in [0.2, 0.25) is 107 Å². The number of hydrogen-bond acceptors (Lipinski definition) is 11. The van der Waals surface area contributed by atoms with E-state index in [0.29, 0.717) is 0 Å². The average molecular weight is 1100 g/mol. The van der Waals surface area contributed by atoms with Gasteiger partial charge in [-0.25, -0.2) is 0 Å². The Morgan fingerprint density at radius 3 is 0.227 bits per heavy atom. The summed E-state index contributed by atoms with van der Waals surface area (Å²) in [5.74, 6) is 0. The summed E-state index contributed by atoms with van der Waals surface area (Å²) in [6.45, 7) is 11.1. The van der Waals surface area contributed by atoms with E-state index in [-0.39, 0.29) is 0 Å². The zero-order valence-corrected chi connectivity index (χ0v) is 52.1. The Balaban J connectivity index is 0.000000363. The van der Waals surface area contributed by atoms with E-state index in [1.165, 1.54) is 208 Å². The summed E-state index contributed by atoms with van der Waals surface area (Å²) in [6.07, 6.45) is 29.4. The smallest absolute Gasteiger partial charge is 0.229 e. The second-order valence-electron chi connectivity index (χ2n) is 15.9. The second-order valence-corrected chi connectivity index (χ2v) is 27.8. The molecule has 11 aliphatic rings. The molecule has 11 heterocycles. The van der Waals surface area contributed by atoms with Crippen LogP contribution >= 0.6 is 0 Å². The third-order valence-corrected chi connectivity index (χ3v) is 20.3. The molecule has 11 saturated heterocycles. The summed E-state index contributed by atoms with van der Waals surface area (Å²) >= 11 is 0. The monoisotopic (exact) mass is 1100 g/mol. The highest BCUT2D eigenvalue weighted by Crippen LogP contribution is 2.07. The first-order valence-corrected chi connectivity index (χ1v) is 38.1. The lowest BCUT2D eigenvalue weighted by Gasteiger charge is -2.06. The number of rotatable bonds is 0. The fraction of sp³-hybridized carbons (Fsp3) is 1.00. The highest BCUT2D eigenvalue weighted by Gasteiger charge is 2.03. The van der Waals surface area contributed by atoms with Gasteiger partial charge in [-0.1, -0.05) is 70.6 Å². The van der Waals surface area contributed by atoms with Crippen LogP contribution < -0.4 is 0 Å². The van der Waals surface area contributed by atoms with Crippen LogP contribution in [0, 0.1) is 0 Å². The van der Waals surface area contributed by atoms with Gasteiger partial charge in [0.05, 0.1) is 0 Å². The van der Waals surface area contributed by atoms with Crippen molar-refractivity contribution >= 4 is 107 Å². The first-order valence-electron chi connectivity index (χ1n) is 25.8. The van der Waals surface area contributed by atoms with E-state index in [4.69, 9.17) is 48.7 Å². The van der Waals surface area contributed by atoms with Crippen LogP contribution in [-0.4, -0.2) is 180 Å². The summed E-state index contributed by atoms with van der Waals surface area (Å²) in [5.41, 5.74) is 0. The molecule has 0 unspecified atom stereocenters. The highest BCUT2D eigenvalue weighted by atomic mass is 28.2. The van der Waals surface area contributed by atoms with Crippen LogP contribution in [0.3, 0.4) is 0 Å². The molecule has 22 radical (unpaired) electrons. The highest BCUT2D eigenvalue weighted by molar-refractivity contribution is 6.29. The Kier molecular flexibility index (Phi) is 63.0. The van der Waals surface area contributed by atoms with E-state index < -0.39 is 0 Å². The fourth-order valence-electron chi connectivity index (χ4n) is 5.67. The van der Waals surface area contributed by atoms with Crippen LogP contribution in [0.15, 0.2) is 0 Å². The van der Waals surface area contributed by atoms with Crippen LogP contribution in [0.4, 0.5) is 0 Å². The Morgan fingerprint density at radius 2 is 0.212 bits per heavy atom. The average Bonchev–Trinajstić information content (AvgIpc) is 3.48. The van der Waals surface area contributed by atoms with Crippen LogP contribution in [0.1, 0.15) is 141 Å². The molecule has 22 heteroatoms. The zero-order chi connectivity index (χ0) is 46.7. The summed E-state index contributed by atoms with van der Waals surface area (Å²) in [4.78, 5) is 0. The van der Waals surface area contributed by atoms with Crippen molar-refractivity contribution < 1.29 is 48.7 Å². The van der Waals surface area contributed by atoms with Crippen molar-refractivity contribution in [3.05, 3.63) is 0 Å². The van der Waals surface area contributed by atoms with Gasteiger partial charge in [-0.3, -0.25) is 0 Å². The van der Waals surface area contributed by atoms with E-state index in [0.717, 1.165) is 180 Å². The third kappa shape index (κ3) is 60.3. The minimum atomic E-state index is 0.802. The van der Waals surface area contributed by atoms with Gasteiger partial charge in [-0.15, -0.1) is 0 Å².